The van der Waals surface area contributed by atoms with Crippen molar-refractivity contribution in [2.24, 2.45) is 0 Å². The predicted molar refractivity (Wildman–Crippen MR) is 136 cm³/mol. The second-order valence-electron chi connectivity index (χ2n) is 9.80. The summed E-state index contributed by atoms with van der Waals surface area (Å²) in [7, 11) is 1.51. The molecule has 0 aromatic heterocycles. The molecular weight excluding hydrogens is 481 g/mol. The number of methoxy groups -OCH3 is 1. The summed E-state index contributed by atoms with van der Waals surface area (Å²) in [5.74, 6) is -0.411. The molecule has 4 rings (SSSR count). The van der Waals surface area contributed by atoms with Crippen LogP contribution in [0.3, 0.4) is 0 Å². The first-order valence-electron chi connectivity index (χ1n) is 11.6. The average molecular weight is 509 g/mol. The fraction of sp³-hybridized carbons (Fsp3) is 0.241. The van der Waals surface area contributed by atoms with Crippen LogP contribution in [0.15, 0.2) is 84.4 Å². The molecule has 1 N–H and O–H groups in total. The van der Waals surface area contributed by atoms with Crippen LogP contribution in [0, 0.1) is 0 Å². The van der Waals surface area contributed by atoms with Crippen molar-refractivity contribution in [1.29, 1.82) is 0 Å². The molecule has 0 aliphatic carbocycles. The van der Waals surface area contributed by atoms with E-state index in [0.717, 1.165) is 12.1 Å². The van der Waals surface area contributed by atoms with Gasteiger partial charge in [-0.1, -0.05) is 42.5 Å². The van der Waals surface area contributed by atoms with E-state index in [4.69, 9.17) is 4.74 Å². The molecule has 1 saturated heterocycles. The summed E-state index contributed by atoms with van der Waals surface area (Å²) in [6, 6.07) is 19.9. The van der Waals surface area contributed by atoms with E-state index >= 15 is 0 Å². The monoisotopic (exact) mass is 508 g/mol. The molecule has 1 fully saturated rings. The highest BCUT2D eigenvalue weighted by Crippen LogP contribution is 2.50. The molecule has 8 heteroatoms. The highest BCUT2D eigenvalue weighted by atomic mass is 19.4. The van der Waals surface area contributed by atoms with Crippen LogP contribution >= 0.6 is 0 Å². The van der Waals surface area contributed by atoms with Crippen LogP contribution in [0.1, 0.15) is 37.5 Å². The van der Waals surface area contributed by atoms with Crippen molar-refractivity contribution in [1.82, 2.24) is 5.32 Å². The number of hydrogen-bond donors (Lipinski definition) is 1. The van der Waals surface area contributed by atoms with Gasteiger partial charge in [0, 0.05) is 11.2 Å². The Bertz CT molecular complexity index is 1330. The Balaban J connectivity index is 1.98. The van der Waals surface area contributed by atoms with E-state index in [1.54, 1.807) is 75.4 Å². The summed E-state index contributed by atoms with van der Waals surface area (Å²) in [5, 5.41) is 2.94. The lowest BCUT2D eigenvalue weighted by Crippen LogP contribution is -2.71. The molecule has 1 unspecified atom stereocenters. The molecule has 37 heavy (non-hydrogen) atoms. The summed E-state index contributed by atoms with van der Waals surface area (Å²) in [5.41, 5.74) is -1.77. The number of nitrogens with one attached hydrogen (secondary N) is 1. The van der Waals surface area contributed by atoms with E-state index in [1.807, 2.05) is 6.07 Å². The van der Waals surface area contributed by atoms with Crippen LogP contribution in [-0.4, -0.2) is 24.5 Å². The van der Waals surface area contributed by atoms with E-state index < -0.39 is 34.6 Å². The fourth-order valence-corrected chi connectivity index (χ4v) is 4.39. The van der Waals surface area contributed by atoms with Gasteiger partial charge in [0.1, 0.15) is 5.75 Å². The largest absolute Gasteiger partial charge is 0.497 e. The number of carbonyl (C=O) groups is 2. The first kappa shape index (κ1) is 26.0. The topological polar surface area (TPSA) is 58.6 Å². The standard InChI is InChI=1S/C29H27F3N2O3/c1-27(2,3)33-26(36)28(20-10-12-21(13-11-20)29(30,31)32)24(18-19-8-6-5-7-9-19)25(35)34(28)22-14-16-23(37-4)17-15-22/h5-18H,1-4H3,(H,33,36)/b24-18+. The van der Waals surface area contributed by atoms with Gasteiger partial charge in [-0.25, -0.2) is 0 Å². The van der Waals surface area contributed by atoms with Crippen LogP contribution in [0.5, 0.6) is 5.75 Å². The molecule has 1 aliphatic rings. The first-order chi connectivity index (χ1) is 17.4. The molecule has 0 saturated carbocycles. The number of halogens is 3. The van der Waals surface area contributed by atoms with Gasteiger partial charge < -0.3 is 10.1 Å². The SMILES string of the molecule is COc1ccc(N2C(=O)/C(=C\c3ccccc3)C2(C(=O)NC(C)(C)C)c2ccc(C(F)(F)F)cc2)cc1. The molecule has 0 bridgehead atoms. The molecule has 2 amide bonds. The van der Waals surface area contributed by atoms with E-state index in [2.05, 4.69) is 5.32 Å². The normalized spacial score (nSPS) is 18.9. The molecule has 3 aromatic carbocycles. The molecule has 5 nitrogen and oxygen atoms in total. The minimum absolute atomic E-state index is 0.149. The maximum Gasteiger partial charge on any atom is 0.416 e. The second-order valence-corrected chi connectivity index (χ2v) is 9.80. The van der Waals surface area contributed by atoms with Gasteiger partial charge in [0.25, 0.3) is 11.8 Å². The summed E-state index contributed by atoms with van der Waals surface area (Å²) < 4.78 is 45.3. The van der Waals surface area contributed by atoms with Crippen molar-refractivity contribution in [3.63, 3.8) is 0 Å². The van der Waals surface area contributed by atoms with Crippen LogP contribution in [-0.2, 0) is 21.3 Å². The van der Waals surface area contributed by atoms with Crippen LogP contribution in [0.4, 0.5) is 18.9 Å². The Hall–Kier alpha value is -4.07. The number of benzene rings is 3. The lowest BCUT2D eigenvalue weighted by atomic mass is 9.70. The Morgan fingerprint density at radius 3 is 2.03 bits per heavy atom. The third-order valence-corrected chi connectivity index (χ3v) is 6.05. The van der Waals surface area contributed by atoms with Gasteiger partial charge >= 0.3 is 6.18 Å². The molecule has 1 heterocycles. The molecular formula is C29H27F3N2O3. The van der Waals surface area contributed by atoms with Gasteiger partial charge in [-0.2, -0.15) is 13.2 Å². The maximum atomic E-state index is 14.1. The summed E-state index contributed by atoms with van der Waals surface area (Å²) in [4.78, 5) is 29.1. The third kappa shape index (κ3) is 4.83. The molecule has 192 valence electrons. The van der Waals surface area contributed by atoms with Gasteiger partial charge in [-0.15, -0.1) is 0 Å². The average Bonchev–Trinajstić information content (AvgIpc) is 2.85. The van der Waals surface area contributed by atoms with Crippen molar-refractivity contribution in [3.05, 3.63) is 101 Å². The van der Waals surface area contributed by atoms with Gasteiger partial charge in [0.2, 0.25) is 0 Å². The number of carbonyl (C=O) groups excluding carboxylic acids is 2. The summed E-state index contributed by atoms with van der Waals surface area (Å²) in [6.07, 6.45) is -2.94. The summed E-state index contributed by atoms with van der Waals surface area (Å²) >= 11 is 0. The number of alkyl halides is 3. The Labute approximate surface area is 213 Å². The molecule has 1 atom stereocenters. The molecule has 0 radical (unpaired) electrons. The van der Waals surface area contributed by atoms with E-state index in [-0.39, 0.29) is 11.1 Å². The summed E-state index contributed by atoms with van der Waals surface area (Å²) in [6.45, 7) is 5.39. The van der Waals surface area contributed by atoms with Crippen molar-refractivity contribution in [2.75, 3.05) is 12.0 Å². The van der Waals surface area contributed by atoms with Crippen LogP contribution in [0.2, 0.25) is 0 Å². The van der Waals surface area contributed by atoms with E-state index in [0.29, 0.717) is 17.0 Å². The zero-order valence-corrected chi connectivity index (χ0v) is 20.9. The highest BCUT2D eigenvalue weighted by molar-refractivity contribution is 6.28. The van der Waals surface area contributed by atoms with E-state index in [9.17, 15) is 22.8 Å². The van der Waals surface area contributed by atoms with Crippen LogP contribution in [0.25, 0.3) is 6.08 Å². The van der Waals surface area contributed by atoms with Crippen LogP contribution < -0.4 is 15.0 Å². The first-order valence-corrected chi connectivity index (χ1v) is 11.6. The fourth-order valence-electron chi connectivity index (χ4n) is 4.39. The van der Waals surface area contributed by atoms with Gasteiger partial charge in [0.05, 0.1) is 18.2 Å². The van der Waals surface area contributed by atoms with Crippen molar-refractivity contribution in [3.8, 4) is 5.75 Å². The van der Waals surface area contributed by atoms with Crippen molar-refractivity contribution >= 4 is 23.6 Å². The lowest BCUT2D eigenvalue weighted by molar-refractivity contribution is -0.137. The maximum absolute atomic E-state index is 14.1. The zero-order chi connectivity index (χ0) is 27.0. The zero-order valence-electron chi connectivity index (χ0n) is 20.9. The quantitative estimate of drug-likeness (QED) is 0.342. The molecule has 0 spiro atoms. The van der Waals surface area contributed by atoms with Gasteiger partial charge in [0.15, 0.2) is 5.54 Å². The van der Waals surface area contributed by atoms with Crippen molar-refractivity contribution < 1.29 is 27.5 Å². The number of anilines is 1. The Morgan fingerprint density at radius 2 is 1.51 bits per heavy atom. The third-order valence-electron chi connectivity index (χ3n) is 6.05. The molecule has 1 aliphatic heterocycles. The van der Waals surface area contributed by atoms with E-state index in [1.165, 1.54) is 24.1 Å². The predicted octanol–water partition coefficient (Wildman–Crippen LogP) is 5.95. The molecule has 3 aromatic rings. The smallest absolute Gasteiger partial charge is 0.416 e. The lowest BCUT2D eigenvalue weighted by Gasteiger charge is -2.53. The number of amides is 2. The Morgan fingerprint density at radius 1 is 0.919 bits per heavy atom. The number of rotatable bonds is 5. The number of nitrogens with zero attached hydrogens (tertiary/aromatic N) is 1. The minimum Gasteiger partial charge on any atom is -0.497 e. The second kappa shape index (κ2) is 9.42. The number of ether oxygens (including phenoxy) is 1. The highest BCUT2D eigenvalue weighted by Gasteiger charge is 2.63. The van der Waals surface area contributed by atoms with Crippen molar-refractivity contribution in [2.45, 2.75) is 38.0 Å². The Kier molecular flexibility index (Phi) is 6.62. The number of β-lactam (4-membered cyclic amide) rings is 1. The number of hydrogen-bond acceptors (Lipinski definition) is 3. The van der Waals surface area contributed by atoms with Gasteiger partial charge in [-0.05, 0) is 74.4 Å². The van der Waals surface area contributed by atoms with Gasteiger partial charge in [-0.3, -0.25) is 14.5 Å². The minimum atomic E-state index is -4.55.